The van der Waals surface area contributed by atoms with Crippen molar-refractivity contribution in [2.45, 2.75) is 20.0 Å². The molecule has 2 rings (SSSR count). The molecule has 1 aliphatic rings. The monoisotopic (exact) mass is 225 g/mol. The average molecular weight is 225 g/mol. The van der Waals surface area contributed by atoms with Gasteiger partial charge in [-0.25, -0.2) is 4.79 Å². The van der Waals surface area contributed by atoms with Crippen molar-refractivity contribution in [2.75, 3.05) is 11.4 Å². The molecule has 2 heterocycles. The molecule has 86 valence electrons. The van der Waals surface area contributed by atoms with Crippen molar-refractivity contribution in [3.05, 3.63) is 12.0 Å². The Morgan fingerprint density at radius 2 is 2.25 bits per heavy atom. The summed E-state index contributed by atoms with van der Waals surface area (Å²) in [4.78, 5) is 23.7. The van der Waals surface area contributed by atoms with E-state index in [2.05, 4.69) is 0 Å². The lowest BCUT2D eigenvalue weighted by molar-refractivity contribution is -0.117. The summed E-state index contributed by atoms with van der Waals surface area (Å²) in [7, 11) is 0. The van der Waals surface area contributed by atoms with E-state index >= 15 is 0 Å². The van der Waals surface area contributed by atoms with E-state index < -0.39 is 5.97 Å². The van der Waals surface area contributed by atoms with Crippen LogP contribution < -0.4 is 9.64 Å². The lowest BCUT2D eigenvalue weighted by atomic mass is 10.2. The molecule has 1 atom stereocenters. The fourth-order valence-corrected chi connectivity index (χ4v) is 1.72. The van der Waals surface area contributed by atoms with Crippen LogP contribution in [0, 0.1) is 0 Å². The zero-order chi connectivity index (χ0) is 11.9. The van der Waals surface area contributed by atoms with Gasteiger partial charge in [0.2, 0.25) is 11.7 Å². The van der Waals surface area contributed by atoms with Gasteiger partial charge in [-0.1, -0.05) is 0 Å². The normalized spacial score (nSPS) is 18.9. The molecule has 6 nitrogen and oxygen atoms in total. The fraction of sp³-hybridized carbons (Fsp3) is 0.400. The molecule has 0 aliphatic carbocycles. The zero-order valence-corrected chi connectivity index (χ0v) is 8.89. The van der Waals surface area contributed by atoms with Crippen molar-refractivity contribution in [1.82, 2.24) is 0 Å². The van der Waals surface area contributed by atoms with E-state index in [1.165, 1.54) is 18.1 Å². The number of ether oxygens (including phenoxy) is 1. The quantitative estimate of drug-likeness (QED) is 0.774. The smallest absolute Gasteiger partial charge is 0.374 e. The van der Waals surface area contributed by atoms with Crippen molar-refractivity contribution in [2.24, 2.45) is 0 Å². The molecule has 0 spiro atoms. The molecule has 0 aromatic carbocycles. The summed E-state index contributed by atoms with van der Waals surface area (Å²) >= 11 is 0. The molecule has 1 aliphatic heterocycles. The minimum Gasteiger partial charge on any atom is -0.483 e. The standard InChI is InChI=1S/C10H11NO5/c1-5-3-11(6(2)12)8-7(16-5)4-15-9(8)10(13)14/h4-5H,3H2,1-2H3,(H,13,14). The minimum atomic E-state index is -1.22. The van der Waals surface area contributed by atoms with E-state index in [1.807, 2.05) is 0 Å². The van der Waals surface area contributed by atoms with Crippen molar-refractivity contribution in [1.29, 1.82) is 0 Å². The number of fused-ring (bicyclic) bond motifs is 1. The summed E-state index contributed by atoms with van der Waals surface area (Å²) in [5.41, 5.74) is 0.207. The SMILES string of the molecule is CC(=O)N1CC(C)Oc2coc(C(=O)O)c21. The van der Waals surface area contributed by atoms with Crippen LogP contribution in [0.15, 0.2) is 10.7 Å². The van der Waals surface area contributed by atoms with Crippen LogP contribution >= 0.6 is 0 Å². The summed E-state index contributed by atoms with van der Waals surface area (Å²) in [5.74, 6) is -1.42. The van der Waals surface area contributed by atoms with Crippen LogP contribution in [0.25, 0.3) is 0 Å². The maximum Gasteiger partial charge on any atom is 0.374 e. The average Bonchev–Trinajstić information content (AvgIpc) is 2.59. The maximum absolute atomic E-state index is 11.4. The molecule has 1 unspecified atom stereocenters. The Bertz CT molecular complexity index is 450. The minimum absolute atomic E-state index is 0.185. The lowest BCUT2D eigenvalue weighted by Crippen LogP contribution is -2.41. The van der Waals surface area contributed by atoms with Gasteiger partial charge in [-0.2, -0.15) is 0 Å². The highest BCUT2D eigenvalue weighted by Gasteiger charge is 2.33. The third-order valence-corrected chi connectivity index (χ3v) is 2.34. The Kier molecular flexibility index (Phi) is 2.34. The number of hydrogen-bond acceptors (Lipinski definition) is 4. The molecule has 6 heteroatoms. The number of hydrogen-bond donors (Lipinski definition) is 1. The van der Waals surface area contributed by atoms with Crippen LogP contribution in [0.3, 0.4) is 0 Å². The van der Waals surface area contributed by atoms with Crippen LogP contribution in [-0.4, -0.2) is 29.6 Å². The number of carbonyl (C=O) groups excluding carboxylic acids is 1. The Morgan fingerprint density at radius 1 is 1.56 bits per heavy atom. The van der Waals surface area contributed by atoms with E-state index in [4.69, 9.17) is 14.3 Å². The number of carboxylic acids is 1. The van der Waals surface area contributed by atoms with E-state index in [0.29, 0.717) is 12.3 Å². The summed E-state index contributed by atoms with van der Waals surface area (Å²) in [6.07, 6.45) is 1.03. The second kappa shape index (κ2) is 3.55. The van der Waals surface area contributed by atoms with E-state index in [1.54, 1.807) is 6.92 Å². The van der Waals surface area contributed by atoms with Gasteiger partial charge in [0.15, 0.2) is 5.75 Å². The number of furan rings is 1. The predicted molar refractivity (Wildman–Crippen MR) is 53.8 cm³/mol. The predicted octanol–water partition coefficient (Wildman–Crippen LogP) is 1.11. The molecule has 0 bridgehead atoms. The largest absolute Gasteiger partial charge is 0.483 e. The number of aromatic carboxylic acids is 1. The molecule has 1 aromatic heterocycles. The van der Waals surface area contributed by atoms with Crippen molar-refractivity contribution in [3.8, 4) is 5.75 Å². The molecule has 1 aromatic rings. The number of amides is 1. The molecule has 1 amide bonds. The maximum atomic E-state index is 11.4. The molecule has 0 radical (unpaired) electrons. The summed E-state index contributed by atoms with van der Waals surface area (Å²) < 4.78 is 10.3. The van der Waals surface area contributed by atoms with Gasteiger partial charge in [0, 0.05) is 6.92 Å². The first-order chi connectivity index (χ1) is 7.50. The topological polar surface area (TPSA) is 80.0 Å². The Balaban J connectivity index is 2.52. The van der Waals surface area contributed by atoms with Crippen molar-refractivity contribution in [3.63, 3.8) is 0 Å². The zero-order valence-electron chi connectivity index (χ0n) is 8.89. The van der Waals surface area contributed by atoms with Gasteiger partial charge in [0.1, 0.15) is 18.1 Å². The third-order valence-electron chi connectivity index (χ3n) is 2.34. The van der Waals surface area contributed by atoms with Crippen LogP contribution in [0.1, 0.15) is 24.4 Å². The first-order valence-corrected chi connectivity index (χ1v) is 4.80. The van der Waals surface area contributed by atoms with E-state index in [0.717, 1.165) is 0 Å². The third kappa shape index (κ3) is 1.52. The summed E-state index contributed by atoms with van der Waals surface area (Å²) in [5, 5.41) is 8.91. The van der Waals surface area contributed by atoms with Crippen molar-refractivity contribution >= 4 is 17.6 Å². The molecular formula is C10H11NO5. The molecular weight excluding hydrogens is 214 g/mol. The number of carbonyl (C=O) groups is 2. The second-order valence-electron chi connectivity index (χ2n) is 3.64. The van der Waals surface area contributed by atoms with Crippen LogP contribution in [0.4, 0.5) is 5.69 Å². The van der Waals surface area contributed by atoms with E-state index in [-0.39, 0.29) is 23.5 Å². The number of anilines is 1. The van der Waals surface area contributed by atoms with Crippen LogP contribution in [0.5, 0.6) is 5.75 Å². The molecule has 0 fully saturated rings. The molecule has 16 heavy (non-hydrogen) atoms. The number of carboxylic acid groups (broad SMARTS) is 1. The number of rotatable bonds is 1. The van der Waals surface area contributed by atoms with Gasteiger partial charge < -0.3 is 19.2 Å². The lowest BCUT2D eigenvalue weighted by Gasteiger charge is -2.30. The second-order valence-corrected chi connectivity index (χ2v) is 3.64. The van der Waals surface area contributed by atoms with Crippen LogP contribution in [-0.2, 0) is 4.79 Å². The molecule has 1 N–H and O–H groups in total. The van der Waals surface area contributed by atoms with Gasteiger partial charge in [0.05, 0.1) is 6.54 Å². The molecule has 0 saturated carbocycles. The van der Waals surface area contributed by atoms with Crippen molar-refractivity contribution < 1.29 is 23.8 Å². The van der Waals surface area contributed by atoms with Crippen LogP contribution in [0.2, 0.25) is 0 Å². The Labute approximate surface area is 91.4 Å². The van der Waals surface area contributed by atoms with Gasteiger partial charge in [-0.05, 0) is 6.92 Å². The fourth-order valence-electron chi connectivity index (χ4n) is 1.72. The summed E-state index contributed by atoms with van der Waals surface area (Å²) in [6, 6.07) is 0. The number of nitrogens with zero attached hydrogens (tertiary/aromatic N) is 1. The molecule has 0 saturated heterocycles. The van der Waals surface area contributed by atoms with Gasteiger partial charge >= 0.3 is 5.97 Å². The van der Waals surface area contributed by atoms with Gasteiger partial charge in [-0.3, -0.25) is 4.79 Å². The van der Waals surface area contributed by atoms with E-state index in [9.17, 15) is 9.59 Å². The first-order valence-electron chi connectivity index (χ1n) is 4.80. The summed E-state index contributed by atoms with van der Waals surface area (Å²) in [6.45, 7) is 3.49. The Hall–Kier alpha value is -1.98. The van der Waals surface area contributed by atoms with Gasteiger partial charge in [-0.15, -0.1) is 0 Å². The highest BCUT2D eigenvalue weighted by Crippen LogP contribution is 2.38. The van der Waals surface area contributed by atoms with Gasteiger partial charge in [0.25, 0.3) is 0 Å². The first kappa shape index (κ1) is 10.5. The highest BCUT2D eigenvalue weighted by atomic mass is 16.5. The Morgan fingerprint density at radius 3 is 2.81 bits per heavy atom. The highest BCUT2D eigenvalue weighted by molar-refractivity contribution is 6.01.